The lowest BCUT2D eigenvalue weighted by Gasteiger charge is -2.29. The number of piperidine rings is 1. The van der Waals surface area contributed by atoms with Crippen LogP contribution in [-0.4, -0.2) is 35.6 Å². The maximum absolute atomic E-state index is 13.4. The third kappa shape index (κ3) is 6.78. The van der Waals surface area contributed by atoms with Crippen LogP contribution >= 0.6 is 0 Å². The highest BCUT2D eigenvalue weighted by atomic mass is 19.1. The van der Waals surface area contributed by atoms with Gasteiger partial charge in [-0.1, -0.05) is 12.1 Å². The molecule has 0 bridgehead atoms. The average Bonchev–Trinajstić information content (AvgIpc) is 2.74. The highest BCUT2D eigenvalue weighted by Gasteiger charge is 2.18. The van der Waals surface area contributed by atoms with Crippen LogP contribution in [0.25, 0.3) is 0 Å². The Morgan fingerprint density at radius 3 is 2.74 bits per heavy atom. The van der Waals surface area contributed by atoms with Crippen molar-refractivity contribution < 1.29 is 9.18 Å². The molecule has 1 aliphatic heterocycles. The Hall–Kier alpha value is -2.43. The van der Waals surface area contributed by atoms with Crippen molar-refractivity contribution in [3.63, 3.8) is 0 Å². The van der Waals surface area contributed by atoms with Crippen LogP contribution in [0.2, 0.25) is 0 Å². The van der Waals surface area contributed by atoms with Crippen LogP contribution in [0.3, 0.4) is 0 Å². The Morgan fingerprint density at radius 2 is 2.03 bits per heavy atom. The molecule has 2 heterocycles. The molecule has 2 aromatic rings. The number of hydrogen-bond donors (Lipinski definition) is 5. The van der Waals surface area contributed by atoms with Gasteiger partial charge in [-0.2, -0.15) is 5.12 Å². The summed E-state index contributed by atoms with van der Waals surface area (Å²) >= 11 is 0. The van der Waals surface area contributed by atoms with Gasteiger partial charge in [-0.3, -0.25) is 10.6 Å². The molecule has 0 spiro atoms. The number of nitrogens with zero attached hydrogens (tertiary/aromatic N) is 2. The minimum absolute atomic E-state index is 0.268. The van der Waals surface area contributed by atoms with E-state index in [-0.39, 0.29) is 24.0 Å². The molecular formula is C22H32FN7O. The molecule has 1 unspecified atom stereocenters. The molecule has 1 amide bonds. The van der Waals surface area contributed by atoms with Gasteiger partial charge in [0.15, 0.2) is 0 Å². The zero-order valence-electron chi connectivity index (χ0n) is 18.1. The number of nitrogens with two attached hydrogens (primary N) is 2. The van der Waals surface area contributed by atoms with Crippen molar-refractivity contribution in [1.82, 2.24) is 26.2 Å². The van der Waals surface area contributed by atoms with E-state index in [1.807, 2.05) is 13.0 Å². The standard InChI is InChI=1S/C22H32FN7O/c1-14-9-17(3-4-19(14)23)12-27-22(31)20-11-18(10-15(2)28-20)21(24)29-30(25)13-16-5-7-26-8-6-16/h3-4,9-11,16,21,26,29H,5-8,12-13,24-25H2,1-2H3,(H,27,31). The summed E-state index contributed by atoms with van der Waals surface area (Å²) < 4.78 is 13.4. The summed E-state index contributed by atoms with van der Waals surface area (Å²) in [5.74, 6) is 6.04. The summed E-state index contributed by atoms with van der Waals surface area (Å²) in [6, 6.07) is 8.25. The van der Waals surface area contributed by atoms with E-state index in [0.717, 1.165) is 37.1 Å². The van der Waals surface area contributed by atoms with Gasteiger partial charge in [-0.05, 0) is 80.6 Å². The topological polar surface area (TPSA) is 121 Å². The fraction of sp³-hybridized carbons (Fsp3) is 0.455. The van der Waals surface area contributed by atoms with Gasteiger partial charge in [-0.25, -0.2) is 14.8 Å². The number of nitrogens with one attached hydrogen (secondary N) is 3. The van der Waals surface area contributed by atoms with Crippen molar-refractivity contribution in [3.05, 3.63) is 64.2 Å². The number of amides is 1. The molecule has 31 heavy (non-hydrogen) atoms. The zero-order chi connectivity index (χ0) is 22.4. The second-order valence-corrected chi connectivity index (χ2v) is 8.15. The number of halogens is 1. The maximum atomic E-state index is 13.4. The van der Waals surface area contributed by atoms with Gasteiger partial charge >= 0.3 is 0 Å². The molecule has 168 valence electrons. The molecular weight excluding hydrogens is 397 g/mol. The normalized spacial score (nSPS) is 15.8. The summed E-state index contributed by atoms with van der Waals surface area (Å²) in [6.07, 6.45) is 1.59. The second kappa shape index (κ2) is 10.7. The first-order valence-electron chi connectivity index (χ1n) is 10.6. The quantitative estimate of drug-likeness (QED) is 0.244. The molecule has 1 atom stereocenters. The highest BCUT2D eigenvalue weighted by molar-refractivity contribution is 5.92. The summed E-state index contributed by atoms with van der Waals surface area (Å²) in [6.45, 7) is 6.49. The van der Waals surface area contributed by atoms with Gasteiger partial charge in [0, 0.05) is 18.8 Å². The first-order valence-corrected chi connectivity index (χ1v) is 10.6. The number of pyridine rings is 1. The van der Waals surface area contributed by atoms with Crippen LogP contribution in [0.5, 0.6) is 0 Å². The van der Waals surface area contributed by atoms with Crippen LogP contribution in [0.1, 0.15) is 51.9 Å². The predicted molar refractivity (Wildman–Crippen MR) is 118 cm³/mol. The van der Waals surface area contributed by atoms with Gasteiger partial charge in [0.1, 0.15) is 11.5 Å². The van der Waals surface area contributed by atoms with Crippen LogP contribution in [0.15, 0.2) is 30.3 Å². The third-order valence-electron chi connectivity index (χ3n) is 5.46. The Labute approximate surface area is 182 Å². The molecule has 8 nitrogen and oxygen atoms in total. The first-order chi connectivity index (χ1) is 14.8. The number of rotatable bonds is 8. The smallest absolute Gasteiger partial charge is 0.270 e. The molecule has 0 radical (unpaired) electrons. The number of hydrogen-bond acceptors (Lipinski definition) is 7. The lowest BCUT2D eigenvalue weighted by atomic mass is 9.98. The first kappa shape index (κ1) is 23.2. The molecule has 0 aliphatic carbocycles. The van der Waals surface area contributed by atoms with Crippen molar-refractivity contribution >= 4 is 5.91 Å². The monoisotopic (exact) mass is 429 g/mol. The van der Waals surface area contributed by atoms with E-state index in [9.17, 15) is 9.18 Å². The summed E-state index contributed by atoms with van der Waals surface area (Å²) in [5, 5.41) is 7.70. The number of hydrazine groups is 2. The minimum atomic E-state index is -0.570. The van der Waals surface area contributed by atoms with Gasteiger partial charge in [0.2, 0.25) is 0 Å². The van der Waals surface area contributed by atoms with E-state index < -0.39 is 6.17 Å². The molecule has 7 N–H and O–H groups in total. The van der Waals surface area contributed by atoms with E-state index in [2.05, 4.69) is 21.0 Å². The van der Waals surface area contributed by atoms with Crippen LogP contribution in [0, 0.1) is 25.6 Å². The van der Waals surface area contributed by atoms with E-state index in [1.54, 1.807) is 25.1 Å². The van der Waals surface area contributed by atoms with Crippen molar-refractivity contribution in [1.29, 1.82) is 0 Å². The fourth-order valence-electron chi connectivity index (χ4n) is 3.73. The largest absolute Gasteiger partial charge is 0.347 e. The average molecular weight is 430 g/mol. The van der Waals surface area contributed by atoms with Crippen molar-refractivity contribution in [2.24, 2.45) is 17.5 Å². The highest BCUT2D eigenvalue weighted by Crippen LogP contribution is 2.15. The SMILES string of the molecule is Cc1cc(C(N)NN(N)CC2CCNCC2)cc(C(=O)NCc2ccc(F)c(C)c2)n1. The third-order valence-corrected chi connectivity index (χ3v) is 5.46. The minimum Gasteiger partial charge on any atom is -0.347 e. The molecule has 1 fully saturated rings. The van der Waals surface area contributed by atoms with Crippen LogP contribution in [0.4, 0.5) is 4.39 Å². The molecule has 1 aliphatic rings. The van der Waals surface area contributed by atoms with Gasteiger partial charge in [-0.15, -0.1) is 0 Å². The number of carbonyl (C=O) groups excluding carboxylic acids is 1. The molecule has 1 saturated heterocycles. The number of aromatic nitrogens is 1. The fourth-order valence-corrected chi connectivity index (χ4v) is 3.73. The maximum Gasteiger partial charge on any atom is 0.270 e. The summed E-state index contributed by atoms with van der Waals surface area (Å²) in [5.41, 5.74) is 12.4. The Bertz CT molecular complexity index is 901. The van der Waals surface area contributed by atoms with E-state index in [1.165, 1.54) is 11.2 Å². The second-order valence-electron chi connectivity index (χ2n) is 8.15. The number of benzene rings is 1. The van der Waals surface area contributed by atoms with Gasteiger partial charge in [0.05, 0.1) is 6.17 Å². The van der Waals surface area contributed by atoms with E-state index >= 15 is 0 Å². The molecule has 1 aromatic heterocycles. The molecule has 1 aromatic carbocycles. The molecule has 9 heteroatoms. The summed E-state index contributed by atoms with van der Waals surface area (Å²) in [7, 11) is 0. The predicted octanol–water partition coefficient (Wildman–Crippen LogP) is 1.40. The Kier molecular flexibility index (Phi) is 8.05. The Balaban J connectivity index is 1.60. The van der Waals surface area contributed by atoms with Crippen molar-refractivity contribution in [2.75, 3.05) is 19.6 Å². The van der Waals surface area contributed by atoms with Crippen LogP contribution < -0.4 is 27.6 Å². The molecule has 0 saturated carbocycles. The van der Waals surface area contributed by atoms with Crippen molar-refractivity contribution in [3.8, 4) is 0 Å². The van der Waals surface area contributed by atoms with E-state index in [0.29, 0.717) is 23.7 Å². The number of aryl methyl sites for hydroxylation is 2. The van der Waals surface area contributed by atoms with Gasteiger partial charge < -0.3 is 16.4 Å². The van der Waals surface area contributed by atoms with Gasteiger partial charge in [0.25, 0.3) is 5.91 Å². The lowest BCUT2D eigenvalue weighted by molar-refractivity contribution is 0.0945. The van der Waals surface area contributed by atoms with E-state index in [4.69, 9.17) is 11.6 Å². The molecule has 3 rings (SSSR count). The summed E-state index contributed by atoms with van der Waals surface area (Å²) in [4.78, 5) is 17.0. The zero-order valence-corrected chi connectivity index (χ0v) is 18.1. The van der Waals surface area contributed by atoms with Crippen LogP contribution in [-0.2, 0) is 6.54 Å². The lowest BCUT2D eigenvalue weighted by Crippen LogP contribution is -2.51. The Morgan fingerprint density at radius 1 is 1.29 bits per heavy atom. The number of carbonyl (C=O) groups is 1. The van der Waals surface area contributed by atoms with Crippen molar-refractivity contribution in [2.45, 2.75) is 39.4 Å².